The molecule has 2 nitrogen and oxygen atoms in total. The highest BCUT2D eigenvalue weighted by atomic mass is 32.1. The SMILES string of the molecule is c1csc(-c2csc(CNCC3CCCOC3)c2)c1. The summed E-state index contributed by atoms with van der Waals surface area (Å²) in [5.41, 5.74) is 1.36. The van der Waals surface area contributed by atoms with Crippen LogP contribution in [0.3, 0.4) is 0 Å². The van der Waals surface area contributed by atoms with E-state index in [1.54, 1.807) is 11.3 Å². The molecule has 0 bridgehead atoms. The van der Waals surface area contributed by atoms with Crippen molar-refractivity contribution in [2.45, 2.75) is 19.4 Å². The van der Waals surface area contributed by atoms with Gasteiger partial charge in [-0.05, 0) is 41.7 Å². The number of nitrogens with one attached hydrogen (secondary N) is 1. The van der Waals surface area contributed by atoms with Gasteiger partial charge < -0.3 is 10.1 Å². The minimum atomic E-state index is 0.700. The zero-order valence-corrected chi connectivity index (χ0v) is 12.6. The third-order valence-corrected chi connectivity index (χ3v) is 5.30. The van der Waals surface area contributed by atoms with Gasteiger partial charge in [0, 0.05) is 35.0 Å². The van der Waals surface area contributed by atoms with Crippen molar-refractivity contribution in [1.29, 1.82) is 0 Å². The summed E-state index contributed by atoms with van der Waals surface area (Å²) in [5.74, 6) is 0.700. The molecule has 1 aliphatic heterocycles. The fraction of sp³-hybridized carbons (Fsp3) is 0.467. The standard InChI is InChI=1S/C15H19NOS2/c1-3-12(10-17-5-1)8-16-9-14-7-13(11-19-14)15-4-2-6-18-15/h2,4,6-7,11-12,16H,1,3,5,8-10H2. The van der Waals surface area contributed by atoms with Crippen molar-refractivity contribution in [3.8, 4) is 10.4 Å². The first-order valence-corrected chi connectivity index (χ1v) is 8.57. The summed E-state index contributed by atoms with van der Waals surface area (Å²) in [6.07, 6.45) is 2.52. The first kappa shape index (κ1) is 13.3. The van der Waals surface area contributed by atoms with E-state index in [2.05, 4.69) is 34.3 Å². The lowest BCUT2D eigenvalue weighted by Crippen LogP contribution is -2.28. The second-order valence-corrected chi connectivity index (χ2v) is 6.94. The van der Waals surface area contributed by atoms with Gasteiger partial charge in [-0.2, -0.15) is 0 Å². The molecule has 1 saturated heterocycles. The highest BCUT2D eigenvalue weighted by molar-refractivity contribution is 7.14. The van der Waals surface area contributed by atoms with E-state index < -0.39 is 0 Å². The largest absolute Gasteiger partial charge is 0.381 e. The van der Waals surface area contributed by atoms with E-state index in [-0.39, 0.29) is 0 Å². The lowest BCUT2D eigenvalue weighted by atomic mass is 10.0. The van der Waals surface area contributed by atoms with E-state index in [1.807, 2.05) is 11.3 Å². The molecule has 1 unspecified atom stereocenters. The van der Waals surface area contributed by atoms with Crippen molar-refractivity contribution < 1.29 is 4.74 Å². The summed E-state index contributed by atoms with van der Waals surface area (Å²) in [6, 6.07) is 6.60. The number of hydrogen-bond acceptors (Lipinski definition) is 4. The van der Waals surface area contributed by atoms with Gasteiger partial charge in [-0.25, -0.2) is 0 Å². The quantitative estimate of drug-likeness (QED) is 0.900. The maximum atomic E-state index is 5.50. The number of hydrogen-bond donors (Lipinski definition) is 1. The molecular weight excluding hydrogens is 274 g/mol. The molecule has 4 heteroatoms. The molecule has 1 atom stereocenters. The van der Waals surface area contributed by atoms with Crippen molar-refractivity contribution in [3.05, 3.63) is 33.8 Å². The second kappa shape index (κ2) is 6.66. The summed E-state index contributed by atoms with van der Waals surface area (Å²) in [6.45, 7) is 3.93. The lowest BCUT2D eigenvalue weighted by molar-refractivity contribution is 0.0548. The van der Waals surface area contributed by atoms with Crippen LogP contribution in [-0.4, -0.2) is 19.8 Å². The molecule has 102 valence electrons. The first-order chi connectivity index (χ1) is 9.42. The predicted octanol–water partition coefficient (Wildman–Crippen LogP) is 3.99. The van der Waals surface area contributed by atoms with Crippen molar-refractivity contribution in [2.24, 2.45) is 5.92 Å². The van der Waals surface area contributed by atoms with Crippen LogP contribution in [0.4, 0.5) is 0 Å². The highest BCUT2D eigenvalue weighted by Gasteiger charge is 2.13. The maximum absolute atomic E-state index is 5.50. The van der Waals surface area contributed by atoms with Gasteiger partial charge in [-0.1, -0.05) is 6.07 Å². The topological polar surface area (TPSA) is 21.3 Å². The monoisotopic (exact) mass is 293 g/mol. The van der Waals surface area contributed by atoms with E-state index >= 15 is 0 Å². The average Bonchev–Trinajstić information content (AvgIpc) is 3.10. The minimum absolute atomic E-state index is 0.700. The van der Waals surface area contributed by atoms with Gasteiger partial charge in [0.05, 0.1) is 6.61 Å². The van der Waals surface area contributed by atoms with Crippen LogP contribution in [-0.2, 0) is 11.3 Å². The Kier molecular flexibility index (Phi) is 4.66. The van der Waals surface area contributed by atoms with Gasteiger partial charge in [-0.3, -0.25) is 0 Å². The number of thiophene rings is 2. The third kappa shape index (κ3) is 3.66. The predicted molar refractivity (Wildman–Crippen MR) is 82.9 cm³/mol. The van der Waals surface area contributed by atoms with Crippen LogP contribution in [0.2, 0.25) is 0 Å². The van der Waals surface area contributed by atoms with Crippen LogP contribution in [0.5, 0.6) is 0 Å². The Morgan fingerprint density at radius 2 is 2.37 bits per heavy atom. The number of rotatable bonds is 5. The van der Waals surface area contributed by atoms with Crippen molar-refractivity contribution >= 4 is 22.7 Å². The van der Waals surface area contributed by atoms with E-state index in [4.69, 9.17) is 4.74 Å². The molecule has 0 saturated carbocycles. The Labute approximate surface area is 122 Å². The molecule has 2 aromatic heterocycles. The normalized spacial score (nSPS) is 19.7. The summed E-state index contributed by atoms with van der Waals surface area (Å²) in [4.78, 5) is 2.78. The molecule has 2 aromatic rings. The summed E-state index contributed by atoms with van der Waals surface area (Å²) >= 11 is 3.65. The van der Waals surface area contributed by atoms with Gasteiger partial charge >= 0.3 is 0 Å². The Balaban J connectivity index is 1.48. The molecule has 0 aliphatic carbocycles. The van der Waals surface area contributed by atoms with Gasteiger partial charge in [-0.15, -0.1) is 22.7 Å². The van der Waals surface area contributed by atoms with Crippen LogP contribution >= 0.6 is 22.7 Å². The molecular formula is C15H19NOS2. The zero-order valence-electron chi connectivity index (χ0n) is 10.9. The van der Waals surface area contributed by atoms with Gasteiger partial charge in [0.25, 0.3) is 0 Å². The van der Waals surface area contributed by atoms with E-state index in [0.717, 1.165) is 26.3 Å². The lowest BCUT2D eigenvalue weighted by Gasteiger charge is -2.22. The van der Waals surface area contributed by atoms with Crippen LogP contribution in [0, 0.1) is 5.92 Å². The van der Waals surface area contributed by atoms with Crippen LogP contribution in [0.1, 0.15) is 17.7 Å². The van der Waals surface area contributed by atoms with Gasteiger partial charge in [0.2, 0.25) is 0 Å². The molecule has 19 heavy (non-hydrogen) atoms. The number of ether oxygens (including phenoxy) is 1. The summed E-state index contributed by atoms with van der Waals surface area (Å²) in [5, 5.41) is 7.95. The Morgan fingerprint density at radius 3 is 3.16 bits per heavy atom. The molecule has 3 heterocycles. The minimum Gasteiger partial charge on any atom is -0.381 e. The van der Waals surface area contributed by atoms with E-state index in [1.165, 1.54) is 28.2 Å². The third-order valence-electron chi connectivity index (χ3n) is 3.45. The average molecular weight is 293 g/mol. The second-order valence-electron chi connectivity index (χ2n) is 4.99. The highest BCUT2D eigenvalue weighted by Crippen LogP contribution is 2.29. The maximum Gasteiger partial charge on any atom is 0.0506 e. The van der Waals surface area contributed by atoms with Crippen LogP contribution in [0.25, 0.3) is 10.4 Å². The van der Waals surface area contributed by atoms with E-state index in [9.17, 15) is 0 Å². The van der Waals surface area contributed by atoms with Gasteiger partial charge in [0.15, 0.2) is 0 Å². The zero-order chi connectivity index (χ0) is 12.9. The molecule has 0 amide bonds. The first-order valence-electron chi connectivity index (χ1n) is 6.81. The summed E-state index contributed by atoms with van der Waals surface area (Å²) in [7, 11) is 0. The van der Waals surface area contributed by atoms with Crippen LogP contribution in [0.15, 0.2) is 29.0 Å². The van der Waals surface area contributed by atoms with E-state index in [0.29, 0.717) is 5.92 Å². The smallest absolute Gasteiger partial charge is 0.0506 e. The molecule has 1 fully saturated rings. The molecule has 0 spiro atoms. The van der Waals surface area contributed by atoms with Gasteiger partial charge in [0.1, 0.15) is 0 Å². The molecule has 1 N–H and O–H groups in total. The van der Waals surface area contributed by atoms with Crippen molar-refractivity contribution in [1.82, 2.24) is 5.32 Å². The Morgan fingerprint density at radius 1 is 1.37 bits per heavy atom. The van der Waals surface area contributed by atoms with Crippen LogP contribution < -0.4 is 5.32 Å². The molecule has 0 aromatic carbocycles. The summed E-state index contributed by atoms with van der Waals surface area (Å²) < 4.78 is 5.50. The Bertz CT molecular complexity index is 486. The van der Waals surface area contributed by atoms with Crippen molar-refractivity contribution in [3.63, 3.8) is 0 Å². The Hall–Kier alpha value is -0.680. The fourth-order valence-corrected chi connectivity index (χ4v) is 4.06. The molecule has 1 aliphatic rings. The molecule has 3 rings (SSSR count). The molecule has 0 radical (unpaired) electrons. The fourth-order valence-electron chi connectivity index (χ4n) is 2.41. The van der Waals surface area contributed by atoms with Crippen molar-refractivity contribution in [2.75, 3.05) is 19.8 Å².